The minimum atomic E-state index is 0.279. The van der Waals surface area contributed by atoms with E-state index in [0.717, 1.165) is 28.9 Å². The first-order chi connectivity index (χ1) is 11.2. The van der Waals surface area contributed by atoms with Gasteiger partial charge in [0.05, 0.1) is 0 Å². The second-order valence-corrected chi connectivity index (χ2v) is 11.9. The van der Waals surface area contributed by atoms with Crippen molar-refractivity contribution >= 4 is 7.92 Å². The lowest BCUT2D eigenvalue weighted by molar-refractivity contribution is 0.231. The molecule has 2 unspecified atom stereocenters. The van der Waals surface area contributed by atoms with Crippen LogP contribution >= 0.6 is 7.92 Å². The van der Waals surface area contributed by atoms with Crippen molar-refractivity contribution in [3.63, 3.8) is 0 Å². The maximum absolute atomic E-state index is 2.51. The maximum Gasteiger partial charge on any atom is 0.00951 e. The molecule has 3 atom stereocenters. The molecule has 0 aromatic rings. The zero-order valence-corrected chi connectivity index (χ0v) is 16.9. The molecule has 134 valence electrons. The fraction of sp³-hybridized carbons (Fsp3) is 1.00. The summed E-state index contributed by atoms with van der Waals surface area (Å²) in [5, 5.41) is 0. The van der Waals surface area contributed by atoms with Crippen molar-refractivity contribution in [2.45, 2.75) is 113 Å². The van der Waals surface area contributed by atoms with Crippen LogP contribution in [0.3, 0.4) is 0 Å². The van der Waals surface area contributed by atoms with E-state index in [4.69, 9.17) is 0 Å². The summed E-state index contributed by atoms with van der Waals surface area (Å²) >= 11 is 0. The predicted molar refractivity (Wildman–Crippen MR) is 105 cm³/mol. The Bertz CT molecular complexity index is 326. The van der Waals surface area contributed by atoms with Gasteiger partial charge in [-0.3, -0.25) is 0 Å². The fourth-order valence-corrected chi connectivity index (χ4v) is 10.8. The largest absolute Gasteiger partial charge is 0.306 e. The lowest BCUT2D eigenvalue weighted by Gasteiger charge is -2.45. The summed E-state index contributed by atoms with van der Waals surface area (Å²) in [7, 11) is 4.90. The van der Waals surface area contributed by atoms with Gasteiger partial charge in [0.1, 0.15) is 0 Å². The van der Waals surface area contributed by atoms with Crippen LogP contribution < -0.4 is 0 Å². The van der Waals surface area contributed by atoms with Crippen molar-refractivity contribution in [3.8, 4) is 0 Å². The van der Waals surface area contributed by atoms with Gasteiger partial charge in [-0.25, -0.2) is 0 Å². The van der Waals surface area contributed by atoms with Crippen LogP contribution in [-0.4, -0.2) is 42.0 Å². The Hall–Kier alpha value is 0.390. The van der Waals surface area contributed by atoms with Crippen LogP contribution in [0.2, 0.25) is 0 Å². The maximum atomic E-state index is 2.51. The van der Waals surface area contributed by atoms with Gasteiger partial charge in [-0.1, -0.05) is 52.9 Å². The first-order valence-corrected chi connectivity index (χ1v) is 12.2. The molecule has 0 aliphatic heterocycles. The van der Waals surface area contributed by atoms with E-state index in [1.807, 2.05) is 0 Å². The molecule has 0 bridgehead atoms. The summed E-state index contributed by atoms with van der Waals surface area (Å²) < 4.78 is 0. The van der Waals surface area contributed by atoms with Gasteiger partial charge in [0.15, 0.2) is 0 Å². The molecular formula is C21H40NP. The van der Waals surface area contributed by atoms with Gasteiger partial charge in [0.2, 0.25) is 0 Å². The molecule has 23 heavy (non-hydrogen) atoms. The summed E-state index contributed by atoms with van der Waals surface area (Å²) in [4.78, 5) is 2.51. The van der Waals surface area contributed by atoms with Crippen LogP contribution in [0.4, 0.5) is 0 Å². The van der Waals surface area contributed by atoms with Gasteiger partial charge in [-0.2, -0.15) is 0 Å². The predicted octanol–water partition coefficient (Wildman–Crippen LogP) is 6.25. The SMILES string of the molecule is C[C@@H](C1CCCC1P(C1CCCCC1)C1CCCCC1)N(C)C. The molecule has 3 aliphatic rings. The third kappa shape index (κ3) is 4.33. The lowest BCUT2D eigenvalue weighted by Crippen LogP contribution is -2.38. The van der Waals surface area contributed by atoms with Gasteiger partial charge in [0.25, 0.3) is 0 Å². The van der Waals surface area contributed by atoms with Crippen LogP contribution in [0, 0.1) is 5.92 Å². The number of hydrogen-bond donors (Lipinski definition) is 0. The molecule has 0 radical (unpaired) electrons. The van der Waals surface area contributed by atoms with Crippen molar-refractivity contribution < 1.29 is 0 Å². The Morgan fingerprint density at radius 2 is 1.22 bits per heavy atom. The molecule has 0 aromatic heterocycles. The molecule has 0 heterocycles. The molecule has 0 aromatic carbocycles. The summed E-state index contributed by atoms with van der Waals surface area (Å²) in [6.07, 6.45) is 20.1. The number of hydrogen-bond acceptors (Lipinski definition) is 1. The van der Waals surface area contributed by atoms with Crippen molar-refractivity contribution in [2.75, 3.05) is 14.1 Å². The van der Waals surface area contributed by atoms with E-state index in [1.165, 1.54) is 51.4 Å². The molecule has 3 aliphatic carbocycles. The minimum Gasteiger partial charge on any atom is -0.306 e. The standard InChI is InChI=1S/C21H40NP/c1-17(22(2)3)20-15-10-16-21(20)23(18-11-6-4-7-12-18)19-13-8-5-9-14-19/h17-21H,4-16H2,1-3H3/t17-,20?,21?/m0/s1. The average molecular weight is 338 g/mol. The summed E-state index contributed by atoms with van der Waals surface area (Å²) in [5.41, 5.74) is 3.39. The van der Waals surface area contributed by atoms with Crippen LogP contribution in [0.1, 0.15) is 90.4 Å². The molecule has 0 spiro atoms. The monoisotopic (exact) mass is 337 g/mol. The summed E-state index contributed by atoms with van der Waals surface area (Å²) in [6.45, 7) is 2.51. The Morgan fingerprint density at radius 1 is 0.696 bits per heavy atom. The van der Waals surface area contributed by atoms with Crippen LogP contribution in [0.5, 0.6) is 0 Å². The Labute approximate surface area is 146 Å². The van der Waals surface area contributed by atoms with Crippen molar-refractivity contribution in [1.29, 1.82) is 0 Å². The minimum absolute atomic E-state index is 0.279. The number of nitrogens with zero attached hydrogens (tertiary/aromatic N) is 1. The summed E-state index contributed by atoms with van der Waals surface area (Å²) in [5.74, 6) is 1.000. The third-order valence-corrected chi connectivity index (χ3v) is 11.5. The highest BCUT2D eigenvalue weighted by atomic mass is 31.1. The first kappa shape index (κ1) is 18.2. The van der Waals surface area contributed by atoms with Crippen LogP contribution in [-0.2, 0) is 0 Å². The molecule has 1 nitrogen and oxygen atoms in total. The van der Waals surface area contributed by atoms with E-state index < -0.39 is 0 Å². The highest BCUT2D eigenvalue weighted by Crippen LogP contribution is 2.64. The Morgan fingerprint density at radius 3 is 1.70 bits per heavy atom. The highest BCUT2D eigenvalue weighted by molar-refractivity contribution is 7.60. The molecule has 0 amide bonds. The molecular weight excluding hydrogens is 297 g/mol. The van der Waals surface area contributed by atoms with E-state index in [-0.39, 0.29) is 7.92 Å². The van der Waals surface area contributed by atoms with Gasteiger partial charge in [-0.15, -0.1) is 0 Å². The van der Waals surface area contributed by atoms with Gasteiger partial charge in [-0.05, 0) is 82.4 Å². The number of rotatable bonds is 5. The van der Waals surface area contributed by atoms with Gasteiger partial charge < -0.3 is 4.90 Å². The lowest BCUT2D eigenvalue weighted by atomic mass is 9.98. The molecule has 0 saturated heterocycles. The molecule has 3 rings (SSSR count). The molecule has 2 heteroatoms. The van der Waals surface area contributed by atoms with Crippen LogP contribution in [0.15, 0.2) is 0 Å². The van der Waals surface area contributed by atoms with E-state index in [9.17, 15) is 0 Å². The van der Waals surface area contributed by atoms with Crippen LogP contribution in [0.25, 0.3) is 0 Å². The smallest absolute Gasteiger partial charge is 0.00951 e. The quantitative estimate of drug-likeness (QED) is 0.536. The second kappa shape index (κ2) is 8.66. The zero-order chi connectivity index (χ0) is 16.2. The van der Waals surface area contributed by atoms with Crippen molar-refractivity contribution in [3.05, 3.63) is 0 Å². The fourth-order valence-electron chi connectivity index (χ4n) is 5.88. The molecule has 3 fully saturated rings. The summed E-state index contributed by atoms with van der Waals surface area (Å²) in [6, 6.07) is 0.791. The topological polar surface area (TPSA) is 3.24 Å². The van der Waals surface area contributed by atoms with E-state index in [0.29, 0.717) is 0 Å². The normalized spacial score (nSPS) is 32.7. The average Bonchev–Trinajstić information content (AvgIpc) is 3.05. The van der Waals surface area contributed by atoms with E-state index >= 15 is 0 Å². The van der Waals surface area contributed by atoms with Gasteiger partial charge in [0, 0.05) is 6.04 Å². The van der Waals surface area contributed by atoms with Crippen molar-refractivity contribution in [1.82, 2.24) is 4.90 Å². The zero-order valence-electron chi connectivity index (χ0n) is 16.0. The Balaban J connectivity index is 1.77. The third-order valence-electron chi connectivity index (χ3n) is 7.34. The van der Waals surface area contributed by atoms with E-state index in [1.54, 1.807) is 32.1 Å². The van der Waals surface area contributed by atoms with Crippen molar-refractivity contribution in [2.24, 2.45) is 5.92 Å². The molecule has 3 saturated carbocycles. The second-order valence-electron chi connectivity index (χ2n) is 8.90. The Kier molecular flexibility index (Phi) is 6.85. The highest BCUT2D eigenvalue weighted by Gasteiger charge is 2.43. The molecule has 0 N–H and O–H groups in total. The van der Waals surface area contributed by atoms with E-state index in [2.05, 4.69) is 25.9 Å². The van der Waals surface area contributed by atoms with Gasteiger partial charge >= 0.3 is 0 Å². The first-order valence-electron chi connectivity index (χ1n) is 10.6.